The lowest BCUT2D eigenvalue weighted by molar-refractivity contribution is 0.0947. The van der Waals surface area contributed by atoms with Crippen LogP contribution in [-0.4, -0.2) is 37.0 Å². The molecule has 3 nitrogen and oxygen atoms in total. The highest BCUT2D eigenvalue weighted by Crippen LogP contribution is 2.21. The summed E-state index contributed by atoms with van der Waals surface area (Å²) in [5.41, 5.74) is 0.740. The predicted octanol–water partition coefficient (Wildman–Crippen LogP) is 2.90. The van der Waals surface area contributed by atoms with Crippen molar-refractivity contribution in [3.63, 3.8) is 0 Å². The summed E-state index contributed by atoms with van der Waals surface area (Å²) in [6, 6.07) is 8.38. The van der Waals surface area contributed by atoms with E-state index in [4.69, 9.17) is 0 Å². The molecule has 1 saturated carbocycles. The summed E-state index contributed by atoms with van der Waals surface area (Å²) in [4.78, 5) is 14.3. The van der Waals surface area contributed by atoms with Crippen molar-refractivity contribution in [2.75, 3.05) is 20.1 Å². The van der Waals surface area contributed by atoms with Gasteiger partial charge in [0, 0.05) is 28.3 Å². The molecule has 1 fully saturated rings. The molecule has 104 valence electrons. The smallest absolute Gasteiger partial charge is 0.251 e. The van der Waals surface area contributed by atoms with Crippen LogP contribution in [0.1, 0.15) is 36.0 Å². The van der Waals surface area contributed by atoms with E-state index in [1.807, 2.05) is 24.3 Å². The van der Waals surface area contributed by atoms with Crippen LogP contribution in [0.3, 0.4) is 0 Å². The lowest BCUT2D eigenvalue weighted by atomic mass is 10.2. The molecule has 0 spiro atoms. The normalized spacial score (nSPS) is 15.9. The van der Waals surface area contributed by atoms with E-state index in [-0.39, 0.29) is 5.91 Å². The van der Waals surface area contributed by atoms with Gasteiger partial charge in [-0.15, -0.1) is 0 Å². The standard InChI is InChI=1S/C15H21IN2O/c1-18(14-4-2-3-5-14)11-10-17-15(19)12-6-8-13(16)9-7-12/h6-9,14H,2-5,10-11H2,1H3,(H,17,19). The van der Waals surface area contributed by atoms with Crippen LogP contribution in [0.2, 0.25) is 0 Å². The minimum Gasteiger partial charge on any atom is -0.351 e. The van der Waals surface area contributed by atoms with Gasteiger partial charge in [-0.25, -0.2) is 0 Å². The third kappa shape index (κ3) is 4.45. The molecule has 0 aliphatic heterocycles. The minimum absolute atomic E-state index is 0.0243. The van der Waals surface area contributed by atoms with Gasteiger partial charge in [0.25, 0.3) is 5.91 Å². The number of hydrogen-bond donors (Lipinski definition) is 1. The van der Waals surface area contributed by atoms with E-state index < -0.39 is 0 Å². The van der Waals surface area contributed by atoms with Crippen LogP contribution in [0.25, 0.3) is 0 Å². The van der Waals surface area contributed by atoms with Crippen molar-refractivity contribution in [3.05, 3.63) is 33.4 Å². The molecule has 19 heavy (non-hydrogen) atoms. The van der Waals surface area contributed by atoms with Gasteiger partial charge in [-0.1, -0.05) is 12.8 Å². The van der Waals surface area contributed by atoms with Crippen LogP contribution in [0.4, 0.5) is 0 Å². The van der Waals surface area contributed by atoms with E-state index in [9.17, 15) is 4.79 Å². The first-order chi connectivity index (χ1) is 9.16. The molecule has 1 aromatic rings. The van der Waals surface area contributed by atoms with Crippen molar-refractivity contribution >= 4 is 28.5 Å². The number of carbonyl (C=O) groups excluding carboxylic acids is 1. The molecule has 4 heteroatoms. The molecule has 1 aromatic carbocycles. The zero-order valence-corrected chi connectivity index (χ0v) is 13.5. The monoisotopic (exact) mass is 372 g/mol. The van der Waals surface area contributed by atoms with Gasteiger partial charge in [0.1, 0.15) is 0 Å². The van der Waals surface area contributed by atoms with E-state index in [2.05, 4.69) is 39.9 Å². The van der Waals surface area contributed by atoms with Crippen LogP contribution in [0.5, 0.6) is 0 Å². The molecule has 0 unspecified atom stereocenters. The highest BCUT2D eigenvalue weighted by Gasteiger charge is 2.18. The Morgan fingerprint density at radius 1 is 1.32 bits per heavy atom. The van der Waals surface area contributed by atoms with Gasteiger partial charge in [0.05, 0.1) is 0 Å². The van der Waals surface area contributed by atoms with E-state index in [1.54, 1.807) is 0 Å². The zero-order chi connectivity index (χ0) is 13.7. The number of nitrogens with one attached hydrogen (secondary N) is 1. The molecule has 2 rings (SSSR count). The first-order valence-electron chi connectivity index (χ1n) is 6.91. The van der Waals surface area contributed by atoms with Gasteiger partial charge in [-0.2, -0.15) is 0 Å². The Kier molecular flexibility index (Phi) is 5.63. The second-order valence-electron chi connectivity index (χ2n) is 5.18. The zero-order valence-electron chi connectivity index (χ0n) is 11.4. The summed E-state index contributed by atoms with van der Waals surface area (Å²) in [7, 11) is 2.16. The fourth-order valence-electron chi connectivity index (χ4n) is 2.58. The highest BCUT2D eigenvalue weighted by molar-refractivity contribution is 14.1. The number of likely N-dealkylation sites (N-methyl/N-ethyl adjacent to an activating group) is 1. The van der Waals surface area contributed by atoms with Gasteiger partial charge < -0.3 is 10.2 Å². The lowest BCUT2D eigenvalue weighted by Gasteiger charge is -2.23. The molecule has 0 saturated heterocycles. The maximum absolute atomic E-state index is 11.9. The first kappa shape index (κ1) is 14.8. The number of hydrogen-bond acceptors (Lipinski definition) is 2. The second kappa shape index (κ2) is 7.24. The summed E-state index contributed by atoms with van der Waals surface area (Å²) in [6.45, 7) is 1.65. The van der Waals surface area contributed by atoms with Gasteiger partial charge >= 0.3 is 0 Å². The molecule has 0 bridgehead atoms. The number of benzene rings is 1. The van der Waals surface area contributed by atoms with E-state index in [0.29, 0.717) is 0 Å². The Morgan fingerprint density at radius 3 is 2.58 bits per heavy atom. The number of amides is 1. The molecule has 0 aromatic heterocycles. The molecule has 0 atom stereocenters. The Hall–Kier alpha value is -0.620. The van der Waals surface area contributed by atoms with Crippen LogP contribution >= 0.6 is 22.6 Å². The van der Waals surface area contributed by atoms with Crippen molar-refractivity contribution in [2.24, 2.45) is 0 Å². The molecule has 0 radical (unpaired) electrons. The SMILES string of the molecule is CN(CCNC(=O)c1ccc(I)cc1)C1CCCC1. The third-order valence-corrected chi connectivity index (χ3v) is 4.52. The largest absolute Gasteiger partial charge is 0.351 e. The molecular weight excluding hydrogens is 351 g/mol. The Bertz CT molecular complexity index is 413. The fraction of sp³-hybridized carbons (Fsp3) is 0.533. The van der Waals surface area contributed by atoms with E-state index >= 15 is 0 Å². The van der Waals surface area contributed by atoms with Gasteiger partial charge in [-0.05, 0) is 66.7 Å². The maximum atomic E-state index is 11.9. The van der Waals surface area contributed by atoms with Crippen molar-refractivity contribution in [1.29, 1.82) is 0 Å². The van der Waals surface area contributed by atoms with E-state index in [0.717, 1.165) is 28.3 Å². The van der Waals surface area contributed by atoms with Gasteiger partial charge in [-0.3, -0.25) is 4.79 Å². The first-order valence-corrected chi connectivity index (χ1v) is 7.98. The number of nitrogens with zero attached hydrogens (tertiary/aromatic N) is 1. The summed E-state index contributed by atoms with van der Waals surface area (Å²) in [6.07, 6.45) is 5.32. The maximum Gasteiger partial charge on any atom is 0.251 e. The quantitative estimate of drug-likeness (QED) is 0.807. The fourth-order valence-corrected chi connectivity index (χ4v) is 2.94. The molecule has 1 aliphatic rings. The number of rotatable bonds is 5. The van der Waals surface area contributed by atoms with Crippen molar-refractivity contribution in [1.82, 2.24) is 10.2 Å². The summed E-state index contributed by atoms with van der Waals surface area (Å²) in [5.74, 6) is 0.0243. The minimum atomic E-state index is 0.0243. The number of halogens is 1. The van der Waals surface area contributed by atoms with Crippen LogP contribution in [0.15, 0.2) is 24.3 Å². The average Bonchev–Trinajstić information content (AvgIpc) is 2.93. The Labute approximate surface area is 128 Å². The van der Waals surface area contributed by atoms with Gasteiger partial charge in [0.15, 0.2) is 0 Å². The highest BCUT2D eigenvalue weighted by atomic mass is 127. The number of carbonyl (C=O) groups is 1. The average molecular weight is 372 g/mol. The van der Waals surface area contributed by atoms with Crippen LogP contribution in [0, 0.1) is 3.57 Å². The van der Waals surface area contributed by atoms with Crippen molar-refractivity contribution < 1.29 is 4.79 Å². The summed E-state index contributed by atoms with van der Waals surface area (Å²) in [5, 5.41) is 2.99. The topological polar surface area (TPSA) is 32.3 Å². The van der Waals surface area contributed by atoms with Gasteiger partial charge in [0.2, 0.25) is 0 Å². The Balaban J connectivity index is 1.73. The Morgan fingerprint density at radius 2 is 1.95 bits per heavy atom. The lowest BCUT2D eigenvalue weighted by Crippen LogP contribution is -2.37. The molecule has 1 amide bonds. The third-order valence-electron chi connectivity index (χ3n) is 3.80. The molecule has 1 aliphatic carbocycles. The molecule has 0 heterocycles. The summed E-state index contributed by atoms with van der Waals surface area (Å²) >= 11 is 2.24. The molecule has 1 N–H and O–H groups in total. The summed E-state index contributed by atoms with van der Waals surface area (Å²) < 4.78 is 1.15. The van der Waals surface area contributed by atoms with Crippen molar-refractivity contribution in [2.45, 2.75) is 31.7 Å². The second-order valence-corrected chi connectivity index (χ2v) is 6.43. The van der Waals surface area contributed by atoms with Crippen molar-refractivity contribution in [3.8, 4) is 0 Å². The van der Waals surface area contributed by atoms with Crippen LogP contribution in [-0.2, 0) is 0 Å². The van der Waals surface area contributed by atoms with Crippen LogP contribution < -0.4 is 5.32 Å². The molecular formula is C15H21IN2O. The van der Waals surface area contributed by atoms with E-state index in [1.165, 1.54) is 25.7 Å². The predicted molar refractivity (Wildman–Crippen MR) is 86.4 cm³/mol.